The molecule has 0 saturated heterocycles. The Balaban J connectivity index is 1.90. The first-order valence-corrected chi connectivity index (χ1v) is 8.96. The largest absolute Gasteiger partial charge is 0.573 e. The molecule has 0 amide bonds. The van der Waals surface area contributed by atoms with Crippen molar-refractivity contribution in [1.29, 1.82) is 0 Å². The summed E-state index contributed by atoms with van der Waals surface area (Å²) in [5.74, 6) is -0.750. The molecule has 0 aliphatic rings. The lowest BCUT2D eigenvalue weighted by Crippen LogP contribution is -2.17. The Labute approximate surface area is 174 Å². The van der Waals surface area contributed by atoms with Crippen molar-refractivity contribution in [2.24, 2.45) is 0 Å². The van der Waals surface area contributed by atoms with Crippen molar-refractivity contribution in [2.75, 3.05) is 0 Å². The maximum absolute atomic E-state index is 12.4. The van der Waals surface area contributed by atoms with E-state index in [-0.39, 0.29) is 11.5 Å². The highest BCUT2D eigenvalue weighted by molar-refractivity contribution is 14.1. The second kappa shape index (κ2) is 8.09. The van der Waals surface area contributed by atoms with Gasteiger partial charge in [-0.3, -0.25) is 4.98 Å². The van der Waals surface area contributed by atoms with Crippen molar-refractivity contribution in [3.05, 3.63) is 64.4 Å². The number of alkyl halides is 6. The van der Waals surface area contributed by atoms with Crippen LogP contribution in [0.1, 0.15) is 0 Å². The van der Waals surface area contributed by atoms with Gasteiger partial charge in [0.1, 0.15) is 11.5 Å². The Bertz CT molecular complexity index is 1020. The maximum Gasteiger partial charge on any atom is 0.573 e. The Morgan fingerprint density at radius 1 is 0.690 bits per heavy atom. The molecule has 0 atom stereocenters. The zero-order chi connectivity index (χ0) is 21.2. The van der Waals surface area contributed by atoms with E-state index in [2.05, 4.69) is 14.5 Å². The molecule has 0 unspecified atom stereocenters. The lowest BCUT2D eigenvalue weighted by Gasteiger charge is -2.12. The molecule has 3 rings (SSSR count). The Kier molecular flexibility index (Phi) is 5.92. The van der Waals surface area contributed by atoms with Crippen molar-refractivity contribution in [2.45, 2.75) is 12.7 Å². The molecule has 0 spiro atoms. The third kappa shape index (κ3) is 5.99. The number of halogens is 7. The number of ether oxygens (including phenoxy) is 2. The summed E-state index contributed by atoms with van der Waals surface area (Å²) in [4.78, 5) is 4.26. The van der Waals surface area contributed by atoms with Crippen LogP contribution in [0.2, 0.25) is 0 Å². The first-order chi connectivity index (χ1) is 13.5. The van der Waals surface area contributed by atoms with Crippen LogP contribution in [0, 0.1) is 3.57 Å². The molecule has 1 aromatic heterocycles. The summed E-state index contributed by atoms with van der Waals surface area (Å²) in [6, 6.07) is 12.4. The molecule has 0 saturated carbocycles. The van der Waals surface area contributed by atoms with Crippen molar-refractivity contribution in [3.8, 4) is 33.9 Å². The van der Waals surface area contributed by atoms with Gasteiger partial charge < -0.3 is 9.47 Å². The van der Waals surface area contributed by atoms with Gasteiger partial charge in [0.25, 0.3) is 0 Å². The van der Waals surface area contributed by atoms with Crippen molar-refractivity contribution >= 4 is 22.6 Å². The van der Waals surface area contributed by atoms with Gasteiger partial charge in [-0.25, -0.2) is 0 Å². The predicted octanol–water partition coefficient (Wildman–Crippen LogP) is 6.82. The number of hydrogen-bond acceptors (Lipinski definition) is 3. The van der Waals surface area contributed by atoms with Gasteiger partial charge in [0.2, 0.25) is 0 Å². The van der Waals surface area contributed by atoms with Gasteiger partial charge in [-0.15, -0.1) is 26.3 Å². The number of aromatic nitrogens is 1. The summed E-state index contributed by atoms with van der Waals surface area (Å²) in [6.07, 6.45) is -8.20. The van der Waals surface area contributed by atoms with Crippen LogP contribution in [-0.2, 0) is 0 Å². The smallest absolute Gasteiger partial charge is 0.406 e. The van der Waals surface area contributed by atoms with E-state index in [9.17, 15) is 26.3 Å². The van der Waals surface area contributed by atoms with Crippen LogP contribution in [0.5, 0.6) is 11.5 Å². The second-order valence-corrected chi connectivity index (χ2v) is 6.87. The number of rotatable bonds is 4. The van der Waals surface area contributed by atoms with Gasteiger partial charge in [-0.05, 0) is 58.5 Å². The first-order valence-electron chi connectivity index (χ1n) is 7.88. The first kappa shape index (κ1) is 21.2. The lowest BCUT2D eigenvalue weighted by molar-refractivity contribution is -0.275. The highest BCUT2D eigenvalue weighted by Gasteiger charge is 2.32. The topological polar surface area (TPSA) is 31.4 Å². The Hall–Kier alpha value is -2.50. The summed E-state index contributed by atoms with van der Waals surface area (Å²) >= 11 is 1.95. The molecule has 0 fully saturated rings. The van der Waals surface area contributed by atoms with E-state index in [0.29, 0.717) is 26.0 Å². The van der Waals surface area contributed by atoms with E-state index < -0.39 is 12.7 Å². The van der Waals surface area contributed by atoms with Crippen LogP contribution < -0.4 is 9.47 Å². The highest BCUT2D eigenvalue weighted by atomic mass is 127. The fraction of sp³-hybridized carbons (Fsp3) is 0.105. The van der Waals surface area contributed by atoms with Gasteiger partial charge in [0, 0.05) is 20.9 Å². The lowest BCUT2D eigenvalue weighted by atomic mass is 10.1. The number of hydrogen-bond donors (Lipinski definition) is 0. The zero-order valence-corrected chi connectivity index (χ0v) is 16.3. The minimum absolute atomic E-state index is 0.369. The van der Waals surface area contributed by atoms with Crippen LogP contribution in [0.4, 0.5) is 26.3 Å². The van der Waals surface area contributed by atoms with Gasteiger partial charge in [0.05, 0.1) is 5.69 Å². The second-order valence-electron chi connectivity index (χ2n) is 5.71. The summed E-state index contributed by atoms with van der Waals surface area (Å²) in [5, 5.41) is 0. The van der Waals surface area contributed by atoms with Gasteiger partial charge in [-0.2, -0.15) is 0 Å². The van der Waals surface area contributed by atoms with E-state index >= 15 is 0 Å². The zero-order valence-electron chi connectivity index (χ0n) is 14.2. The monoisotopic (exact) mass is 525 g/mol. The quantitative estimate of drug-likeness (QED) is 0.277. The minimum atomic E-state index is -4.81. The molecule has 0 bridgehead atoms. The molecule has 3 aromatic rings. The molecule has 0 aliphatic heterocycles. The normalized spacial score (nSPS) is 12.0. The summed E-state index contributed by atoms with van der Waals surface area (Å²) in [7, 11) is 0. The molecule has 152 valence electrons. The van der Waals surface area contributed by atoms with E-state index in [0.717, 1.165) is 0 Å². The van der Waals surface area contributed by atoms with Crippen molar-refractivity contribution in [1.82, 2.24) is 4.98 Å². The number of pyridine rings is 1. The van der Waals surface area contributed by atoms with E-state index in [4.69, 9.17) is 0 Å². The van der Waals surface area contributed by atoms with E-state index in [1.165, 1.54) is 42.6 Å². The average Bonchev–Trinajstić information content (AvgIpc) is 2.59. The van der Waals surface area contributed by atoms with Gasteiger partial charge in [-0.1, -0.05) is 24.3 Å². The Morgan fingerprint density at radius 2 is 1.21 bits per heavy atom. The number of benzene rings is 2. The van der Waals surface area contributed by atoms with E-state index in [1.54, 1.807) is 18.2 Å². The Morgan fingerprint density at radius 3 is 1.72 bits per heavy atom. The van der Waals surface area contributed by atoms with Crippen LogP contribution >= 0.6 is 22.6 Å². The standard InChI is InChI=1S/C19H10F6INO2/c20-18(21,22)28-14-5-1-3-11(7-14)13-9-16(26)17(27-10-13)12-4-2-6-15(8-12)29-19(23,24)25/h1-10H. The van der Waals surface area contributed by atoms with Crippen LogP contribution in [0.3, 0.4) is 0 Å². The van der Waals surface area contributed by atoms with Gasteiger partial charge in [0.15, 0.2) is 0 Å². The SMILES string of the molecule is FC(F)(F)Oc1cccc(-c2cnc(-c3cccc(OC(F)(F)F)c3)c(I)c2)c1. The fourth-order valence-electron chi connectivity index (χ4n) is 2.52. The van der Waals surface area contributed by atoms with Crippen LogP contribution in [0.25, 0.3) is 22.4 Å². The van der Waals surface area contributed by atoms with E-state index in [1.807, 2.05) is 22.6 Å². The summed E-state index contributed by atoms with van der Waals surface area (Å²) in [5.41, 5.74) is 1.77. The van der Waals surface area contributed by atoms with Crippen LogP contribution in [-0.4, -0.2) is 17.7 Å². The maximum atomic E-state index is 12.4. The molecule has 10 heteroatoms. The molecular formula is C19H10F6INO2. The van der Waals surface area contributed by atoms with Gasteiger partial charge >= 0.3 is 12.7 Å². The molecule has 1 heterocycles. The molecular weight excluding hydrogens is 515 g/mol. The molecule has 0 radical (unpaired) electrons. The summed E-state index contributed by atoms with van der Waals surface area (Å²) < 4.78 is 82.8. The van der Waals surface area contributed by atoms with Crippen LogP contribution in [0.15, 0.2) is 60.8 Å². The average molecular weight is 525 g/mol. The fourth-order valence-corrected chi connectivity index (χ4v) is 3.31. The molecule has 2 aromatic carbocycles. The van der Waals surface area contributed by atoms with Crippen molar-refractivity contribution in [3.63, 3.8) is 0 Å². The third-order valence-corrected chi connectivity index (χ3v) is 4.41. The van der Waals surface area contributed by atoms with Crippen molar-refractivity contribution < 1.29 is 35.8 Å². The molecule has 29 heavy (non-hydrogen) atoms. The molecule has 3 nitrogen and oxygen atoms in total. The molecule has 0 N–H and O–H groups in total. The molecule has 0 aliphatic carbocycles. The summed E-state index contributed by atoms with van der Waals surface area (Å²) in [6.45, 7) is 0. The number of nitrogens with zero attached hydrogens (tertiary/aromatic N) is 1. The predicted molar refractivity (Wildman–Crippen MR) is 101 cm³/mol. The highest BCUT2D eigenvalue weighted by Crippen LogP contribution is 2.33. The minimum Gasteiger partial charge on any atom is -0.406 e. The third-order valence-electron chi connectivity index (χ3n) is 3.58.